The monoisotopic (exact) mass is 436 g/mol. The van der Waals surface area contributed by atoms with Crippen LogP contribution in [0.3, 0.4) is 0 Å². The molecule has 4 nitrogen and oxygen atoms in total. The number of benzene rings is 3. The summed E-state index contributed by atoms with van der Waals surface area (Å²) in [5.74, 6) is -1.24. The number of halogens is 2. The molecule has 0 saturated carbocycles. The first-order valence-electron chi connectivity index (χ1n) is 8.81. The quantitative estimate of drug-likeness (QED) is 0.449. The number of carbonyl (C=O) groups is 1. The Kier molecular flexibility index (Phi) is 6.71. The van der Waals surface area contributed by atoms with Crippen molar-refractivity contribution in [3.63, 3.8) is 0 Å². The Labute approximate surface area is 185 Å². The molecule has 148 valence electrons. The lowest BCUT2D eigenvalue weighted by Crippen LogP contribution is -2.16. The Hall–Kier alpha value is -2.95. The fourth-order valence-corrected chi connectivity index (χ4v) is 3.27. The summed E-state index contributed by atoms with van der Waals surface area (Å²) in [6.45, 7) is 1.84. The molecule has 0 spiro atoms. The highest BCUT2D eigenvalue weighted by Gasteiger charge is 2.18. The molecule has 8 heteroatoms. The van der Waals surface area contributed by atoms with Gasteiger partial charge in [-0.25, -0.2) is 4.39 Å². The van der Waals surface area contributed by atoms with Crippen LogP contribution in [0.5, 0.6) is 11.5 Å². The molecule has 0 bridgehead atoms. The van der Waals surface area contributed by atoms with Crippen LogP contribution in [0, 0.1) is 24.1 Å². The zero-order valence-electron chi connectivity index (χ0n) is 15.9. The lowest BCUT2D eigenvalue weighted by atomic mass is 9.94. The number of thiol groups is 1. The third-order valence-electron chi connectivity index (χ3n) is 4.24. The van der Waals surface area contributed by atoms with Gasteiger partial charge < -0.3 is 10.1 Å². The second kappa shape index (κ2) is 9.25. The maximum absolute atomic E-state index is 15.0. The third kappa shape index (κ3) is 5.15. The fourth-order valence-electron chi connectivity index (χ4n) is 2.82. The highest BCUT2D eigenvalue weighted by atomic mass is 35.5. The molecule has 0 heterocycles. The van der Waals surface area contributed by atoms with E-state index < -0.39 is 11.7 Å². The van der Waals surface area contributed by atoms with Gasteiger partial charge in [0.05, 0.1) is 23.1 Å². The predicted octanol–water partition coefficient (Wildman–Crippen LogP) is 4.72. The first-order chi connectivity index (χ1) is 14.3. The van der Waals surface area contributed by atoms with Crippen molar-refractivity contribution in [3.8, 4) is 17.6 Å². The first kappa shape index (κ1) is 21.8. The Morgan fingerprint density at radius 3 is 2.73 bits per heavy atom. The van der Waals surface area contributed by atoms with Crippen molar-refractivity contribution in [2.75, 3.05) is 5.32 Å². The van der Waals surface area contributed by atoms with Crippen molar-refractivity contribution >= 4 is 49.1 Å². The van der Waals surface area contributed by atoms with Crippen LogP contribution in [0.2, 0.25) is 5.02 Å². The van der Waals surface area contributed by atoms with Crippen LogP contribution >= 0.6 is 24.2 Å². The number of hydrogen-bond acceptors (Lipinski definition) is 4. The Morgan fingerprint density at radius 1 is 1.27 bits per heavy atom. The third-order valence-corrected chi connectivity index (χ3v) is 4.82. The van der Waals surface area contributed by atoms with Crippen molar-refractivity contribution < 1.29 is 13.9 Å². The van der Waals surface area contributed by atoms with Crippen molar-refractivity contribution in [1.29, 1.82) is 5.26 Å². The SMILES string of the molecule is [B]c1cc(C#N)cc(Oc2c(Cl)ccc(CC(=O)Nc3ccc(S)cc3C)c2F)c1. The van der Waals surface area contributed by atoms with E-state index in [0.717, 1.165) is 10.5 Å². The number of aryl methyl sites for hydroxylation is 1. The first-order valence-corrected chi connectivity index (χ1v) is 9.64. The maximum atomic E-state index is 15.0. The second-order valence-corrected chi connectivity index (χ2v) is 7.50. The van der Waals surface area contributed by atoms with Gasteiger partial charge in [-0.1, -0.05) is 29.2 Å². The Balaban J connectivity index is 1.83. The van der Waals surface area contributed by atoms with Gasteiger partial charge >= 0.3 is 0 Å². The number of nitrogens with zero attached hydrogens (tertiary/aromatic N) is 1. The van der Waals surface area contributed by atoms with Gasteiger partial charge in [-0.2, -0.15) is 5.26 Å². The normalized spacial score (nSPS) is 10.4. The van der Waals surface area contributed by atoms with Crippen LogP contribution in [0.4, 0.5) is 10.1 Å². The Morgan fingerprint density at radius 2 is 2.03 bits per heavy atom. The zero-order valence-corrected chi connectivity index (χ0v) is 17.5. The molecule has 0 aliphatic heterocycles. The lowest BCUT2D eigenvalue weighted by molar-refractivity contribution is -0.115. The van der Waals surface area contributed by atoms with Gasteiger partial charge in [0, 0.05) is 16.1 Å². The smallest absolute Gasteiger partial charge is 0.228 e. The number of anilines is 1. The van der Waals surface area contributed by atoms with Crippen LogP contribution < -0.4 is 15.5 Å². The van der Waals surface area contributed by atoms with Crippen LogP contribution in [-0.2, 0) is 11.2 Å². The fraction of sp³-hybridized carbons (Fsp3) is 0.0909. The van der Waals surface area contributed by atoms with Crippen LogP contribution in [0.25, 0.3) is 0 Å². The second-order valence-electron chi connectivity index (χ2n) is 6.58. The van der Waals surface area contributed by atoms with Crippen molar-refractivity contribution in [1.82, 2.24) is 0 Å². The number of nitriles is 1. The molecular weight excluding hydrogens is 422 g/mol. The standard InChI is InChI=1S/C22H15BClFN2O2S/c1-12-6-17(30)3-5-19(12)27-20(28)9-14-2-4-18(24)22(21(14)25)29-16-8-13(11-26)7-15(23)10-16/h2-8,10,30H,9H2,1H3,(H,27,28). The van der Waals surface area contributed by atoms with E-state index >= 15 is 4.39 Å². The van der Waals surface area contributed by atoms with Crippen LogP contribution in [-0.4, -0.2) is 13.8 Å². The molecule has 3 aromatic carbocycles. The molecule has 0 unspecified atom stereocenters. The molecular formula is C22H15BClFN2O2S. The van der Waals surface area contributed by atoms with E-state index in [2.05, 4.69) is 17.9 Å². The summed E-state index contributed by atoms with van der Waals surface area (Å²) in [5.41, 5.74) is 2.12. The van der Waals surface area contributed by atoms with Gasteiger partial charge in [0.25, 0.3) is 0 Å². The minimum atomic E-state index is -0.763. The zero-order chi connectivity index (χ0) is 21.8. The molecule has 0 aliphatic rings. The van der Waals surface area contributed by atoms with Gasteiger partial charge in [-0.05, 0) is 48.9 Å². The molecule has 3 aromatic rings. The molecule has 1 N–H and O–H groups in total. The van der Waals surface area contributed by atoms with Crippen molar-refractivity contribution in [3.05, 3.63) is 76.1 Å². The largest absolute Gasteiger partial charge is 0.453 e. The van der Waals surface area contributed by atoms with Crippen molar-refractivity contribution in [2.45, 2.75) is 18.2 Å². The summed E-state index contributed by atoms with van der Waals surface area (Å²) in [6.07, 6.45) is -0.220. The summed E-state index contributed by atoms with van der Waals surface area (Å²) in [7, 11) is 5.74. The average Bonchev–Trinajstić information content (AvgIpc) is 2.69. The number of rotatable bonds is 5. The molecule has 0 atom stereocenters. The van der Waals surface area contributed by atoms with Gasteiger partial charge in [0.2, 0.25) is 5.91 Å². The molecule has 0 saturated heterocycles. The van der Waals surface area contributed by atoms with E-state index in [1.54, 1.807) is 12.1 Å². The van der Waals surface area contributed by atoms with E-state index in [0.29, 0.717) is 11.2 Å². The minimum Gasteiger partial charge on any atom is -0.453 e. The summed E-state index contributed by atoms with van der Waals surface area (Å²) >= 11 is 10.3. The number of amides is 1. The van der Waals surface area contributed by atoms with Crippen molar-refractivity contribution in [2.24, 2.45) is 0 Å². The average molecular weight is 437 g/mol. The lowest BCUT2D eigenvalue weighted by Gasteiger charge is -2.13. The van der Waals surface area contributed by atoms with E-state index in [1.807, 2.05) is 19.1 Å². The topological polar surface area (TPSA) is 62.1 Å². The molecule has 0 aromatic heterocycles. The number of hydrogen-bond donors (Lipinski definition) is 2. The highest BCUT2D eigenvalue weighted by molar-refractivity contribution is 7.80. The maximum Gasteiger partial charge on any atom is 0.228 e. The molecule has 2 radical (unpaired) electrons. The number of ether oxygens (including phenoxy) is 1. The van der Waals surface area contributed by atoms with Crippen LogP contribution in [0.15, 0.2) is 53.4 Å². The predicted molar refractivity (Wildman–Crippen MR) is 119 cm³/mol. The van der Waals surface area contributed by atoms with Gasteiger partial charge in [-0.3, -0.25) is 4.79 Å². The van der Waals surface area contributed by atoms with E-state index in [-0.39, 0.29) is 34.1 Å². The van der Waals surface area contributed by atoms with E-state index in [4.69, 9.17) is 29.4 Å². The minimum absolute atomic E-state index is 0.0257. The molecule has 0 aliphatic carbocycles. The van der Waals surface area contributed by atoms with Gasteiger partial charge in [0.1, 0.15) is 13.6 Å². The summed E-state index contributed by atoms with van der Waals surface area (Å²) in [6, 6.07) is 14.4. The molecule has 3 rings (SSSR count). The number of carbonyl (C=O) groups excluding carboxylic acids is 1. The van der Waals surface area contributed by atoms with Gasteiger partial charge in [0.15, 0.2) is 11.6 Å². The summed E-state index contributed by atoms with van der Waals surface area (Å²) < 4.78 is 20.6. The summed E-state index contributed by atoms with van der Waals surface area (Å²) in [4.78, 5) is 13.2. The number of nitrogens with one attached hydrogen (secondary N) is 1. The van der Waals surface area contributed by atoms with E-state index in [1.165, 1.54) is 30.3 Å². The molecule has 1 amide bonds. The summed E-state index contributed by atoms with van der Waals surface area (Å²) in [5, 5.41) is 11.8. The van der Waals surface area contributed by atoms with E-state index in [9.17, 15) is 4.79 Å². The Bertz CT molecular complexity index is 1180. The molecule has 30 heavy (non-hydrogen) atoms. The van der Waals surface area contributed by atoms with Gasteiger partial charge in [-0.15, -0.1) is 12.6 Å². The highest BCUT2D eigenvalue weighted by Crippen LogP contribution is 2.34. The van der Waals surface area contributed by atoms with Crippen LogP contribution in [0.1, 0.15) is 16.7 Å². The molecule has 0 fully saturated rings.